The van der Waals surface area contributed by atoms with E-state index in [0.717, 1.165) is 5.56 Å². The molecule has 1 heterocycles. The molecule has 1 atom stereocenters. The van der Waals surface area contributed by atoms with Gasteiger partial charge in [0.2, 0.25) is 5.91 Å². The molecule has 16 heavy (non-hydrogen) atoms. The second-order valence-electron chi connectivity index (χ2n) is 3.50. The number of carbonyl (C=O) groups excluding carboxylic acids is 1. The van der Waals surface area contributed by atoms with Crippen LogP contribution in [0.4, 0.5) is 0 Å². The highest BCUT2D eigenvalue weighted by molar-refractivity contribution is 5.77. The summed E-state index contributed by atoms with van der Waals surface area (Å²) >= 11 is 0. The minimum absolute atomic E-state index is 0.0348. The van der Waals surface area contributed by atoms with Crippen molar-refractivity contribution < 1.29 is 13.9 Å². The predicted octanol–water partition coefficient (Wildman–Crippen LogP) is 0.693. The largest absolute Gasteiger partial charge is 0.472 e. The minimum atomic E-state index is -0.0348. The van der Waals surface area contributed by atoms with Crippen molar-refractivity contribution in [3.05, 3.63) is 24.2 Å². The average molecular weight is 226 g/mol. The fraction of sp³-hybridized carbons (Fsp3) is 0.545. The SMILES string of the molecule is COCCNC(=O)CNC(C)c1ccoc1. The predicted molar refractivity (Wildman–Crippen MR) is 60.0 cm³/mol. The van der Waals surface area contributed by atoms with Crippen molar-refractivity contribution in [3.63, 3.8) is 0 Å². The van der Waals surface area contributed by atoms with E-state index >= 15 is 0 Å². The Morgan fingerprint density at radius 1 is 1.62 bits per heavy atom. The molecule has 0 fully saturated rings. The van der Waals surface area contributed by atoms with E-state index in [2.05, 4.69) is 10.6 Å². The molecule has 0 aliphatic rings. The molecule has 0 bridgehead atoms. The monoisotopic (exact) mass is 226 g/mol. The third-order valence-corrected chi connectivity index (χ3v) is 2.24. The van der Waals surface area contributed by atoms with Gasteiger partial charge in [0.25, 0.3) is 0 Å². The number of methoxy groups -OCH3 is 1. The van der Waals surface area contributed by atoms with Gasteiger partial charge in [-0.1, -0.05) is 0 Å². The summed E-state index contributed by atoms with van der Waals surface area (Å²) in [5.74, 6) is -0.0348. The van der Waals surface area contributed by atoms with Crippen molar-refractivity contribution in [2.45, 2.75) is 13.0 Å². The fourth-order valence-corrected chi connectivity index (χ4v) is 1.24. The molecule has 1 aromatic rings. The van der Waals surface area contributed by atoms with Crippen LogP contribution in [0.5, 0.6) is 0 Å². The summed E-state index contributed by atoms with van der Waals surface area (Å²) in [6, 6.07) is 1.98. The van der Waals surface area contributed by atoms with Crippen LogP contribution in [-0.2, 0) is 9.53 Å². The number of rotatable bonds is 7. The molecule has 2 N–H and O–H groups in total. The molecule has 0 aliphatic carbocycles. The standard InChI is InChI=1S/C11H18N2O3/c1-9(10-3-5-16-8-10)13-7-11(14)12-4-6-15-2/h3,5,8-9,13H,4,6-7H2,1-2H3,(H,12,14). The van der Waals surface area contributed by atoms with Gasteiger partial charge < -0.3 is 19.8 Å². The van der Waals surface area contributed by atoms with Crippen LogP contribution in [0.1, 0.15) is 18.5 Å². The highest BCUT2D eigenvalue weighted by Gasteiger charge is 2.07. The number of nitrogens with one attached hydrogen (secondary N) is 2. The molecule has 1 rings (SSSR count). The topological polar surface area (TPSA) is 63.5 Å². The molecule has 0 aromatic carbocycles. The molecule has 1 amide bonds. The fourth-order valence-electron chi connectivity index (χ4n) is 1.24. The van der Waals surface area contributed by atoms with Crippen LogP contribution in [0, 0.1) is 0 Å². The average Bonchev–Trinajstić information content (AvgIpc) is 2.79. The maximum absolute atomic E-state index is 11.3. The summed E-state index contributed by atoms with van der Waals surface area (Å²) in [6.07, 6.45) is 3.28. The molecule has 0 aliphatic heterocycles. The Morgan fingerprint density at radius 2 is 2.44 bits per heavy atom. The first-order chi connectivity index (χ1) is 7.74. The van der Waals surface area contributed by atoms with Crippen molar-refractivity contribution in [1.29, 1.82) is 0 Å². The second kappa shape index (κ2) is 7.03. The van der Waals surface area contributed by atoms with Gasteiger partial charge >= 0.3 is 0 Å². The molecule has 90 valence electrons. The Bertz CT molecular complexity index is 298. The molecule has 5 heteroatoms. The van der Waals surface area contributed by atoms with E-state index in [1.165, 1.54) is 0 Å². The number of hydrogen-bond donors (Lipinski definition) is 2. The van der Waals surface area contributed by atoms with Gasteiger partial charge in [-0.25, -0.2) is 0 Å². The first kappa shape index (κ1) is 12.7. The van der Waals surface area contributed by atoms with E-state index in [1.807, 2.05) is 13.0 Å². The number of ether oxygens (including phenoxy) is 1. The highest BCUT2D eigenvalue weighted by Crippen LogP contribution is 2.11. The van der Waals surface area contributed by atoms with Crippen molar-refractivity contribution in [1.82, 2.24) is 10.6 Å². The first-order valence-corrected chi connectivity index (χ1v) is 5.25. The van der Waals surface area contributed by atoms with Gasteiger partial charge in [0.1, 0.15) is 0 Å². The Kier molecular flexibility index (Phi) is 5.60. The van der Waals surface area contributed by atoms with Gasteiger partial charge in [-0.05, 0) is 13.0 Å². The van der Waals surface area contributed by atoms with Gasteiger partial charge in [-0.3, -0.25) is 4.79 Å². The summed E-state index contributed by atoms with van der Waals surface area (Å²) in [5, 5.41) is 5.83. The molecule has 0 radical (unpaired) electrons. The minimum Gasteiger partial charge on any atom is -0.472 e. The molecule has 1 aromatic heterocycles. The Morgan fingerprint density at radius 3 is 3.06 bits per heavy atom. The molecule has 0 spiro atoms. The maximum Gasteiger partial charge on any atom is 0.234 e. The van der Waals surface area contributed by atoms with Crippen molar-refractivity contribution in [2.24, 2.45) is 0 Å². The zero-order chi connectivity index (χ0) is 11.8. The highest BCUT2D eigenvalue weighted by atomic mass is 16.5. The third kappa shape index (κ3) is 4.46. The Hall–Kier alpha value is -1.33. The lowest BCUT2D eigenvalue weighted by molar-refractivity contribution is -0.120. The summed E-state index contributed by atoms with van der Waals surface area (Å²) in [4.78, 5) is 11.3. The summed E-state index contributed by atoms with van der Waals surface area (Å²) in [6.45, 7) is 3.34. The van der Waals surface area contributed by atoms with Crippen LogP contribution in [0.15, 0.2) is 23.0 Å². The number of furan rings is 1. The summed E-state index contributed by atoms with van der Waals surface area (Å²) in [7, 11) is 1.60. The molecule has 5 nitrogen and oxygen atoms in total. The zero-order valence-corrected chi connectivity index (χ0v) is 9.66. The van der Waals surface area contributed by atoms with Crippen LogP contribution in [0.2, 0.25) is 0 Å². The quantitative estimate of drug-likeness (QED) is 0.671. The van der Waals surface area contributed by atoms with Crippen molar-refractivity contribution >= 4 is 5.91 Å². The van der Waals surface area contributed by atoms with E-state index in [4.69, 9.17) is 9.15 Å². The third-order valence-electron chi connectivity index (χ3n) is 2.24. The lowest BCUT2D eigenvalue weighted by atomic mass is 10.2. The number of carbonyl (C=O) groups is 1. The van der Waals surface area contributed by atoms with Crippen molar-refractivity contribution in [2.75, 3.05) is 26.8 Å². The first-order valence-electron chi connectivity index (χ1n) is 5.25. The van der Waals surface area contributed by atoms with Crippen LogP contribution >= 0.6 is 0 Å². The number of amides is 1. The van der Waals surface area contributed by atoms with E-state index in [0.29, 0.717) is 13.2 Å². The van der Waals surface area contributed by atoms with Crippen LogP contribution in [0.25, 0.3) is 0 Å². The molecule has 1 unspecified atom stereocenters. The van der Waals surface area contributed by atoms with Crippen molar-refractivity contribution in [3.8, 4) is 0 Å². The summed E-state index contributed by atoms with van der Waals surface area (Å²) < 4.78 is 9.79. The second-order valence-corrected chi connectivity index (χ2v) is 3.50. The molecule has 0 saturated heterocycles. The van der Waals surface area contributed by atoms with Gasteiger partial charge in [0, 0.05) is 25.3 Å². The van der Waals surface area contributed by atoms with Crippen LogP contribution < -0.4 is 10.6 Å². The number of hydrogen-bond acceptors (Lipinski definition) is 4. The van der Waals surface area contributed by atoms with Crippen LogP contribution in [0.3, 0.4) is 0 Å². The van der Waals surface area contributed by atoms with Gasteiger partial charge in [0.05, 0.1) is 25.7 Å². The van der Waals surface area contributed by atoms with E-state index in [1.54, 1.807) is 19.6 Å². The van der Waals surface area contributed by atoms with Gasteiger partial charge in [-0.15, -0.1) is 0 Å². The van der Waals surface area contributed by atoms with Gasteiger partial charge in [-0.2, -0.15) is 0 Å². The lowest BCUT2D eigenvalue weighted by Gasteiger charge is -2.11. The molecular formula is C11H18N2O3. The van der Waals surface area contributed by atoms with Crippen LogP contribution in [-0.4, -0.2) is 32.7 Å². The zero-order valence-electron chi connectivity index (χ0n) is 9.66. The van der Waals surface area contributed by atoms with Gasteiger partial charge in [0.15, 0.2) is 0 Å². The molecular weight excluding hydrogens is 208 g/mol. The smallest absolute Gasteiger partial charge is 0.234 e. The summed E-state index contributed by atoms with van der Waals surface area (Å²) in [5.41, 5.74) is 1.03. The Balaban J connectivity index is 2.16. The maximum atomic E-state index is 11.3. The van der Waals surface area contributed by atoms with E-state index in [9.17, 15) is 4.79 Å². The van der Waals surface area contributed by atoms with E-state index in [-0.39, 0.29) is 18.5 Å². The van der Waals surface area contributed by atoms with E-state index < -0.39 is 0 Å². The normalized spacial score (nSPS) is 12.4. The Labute approximate surface area is 95.2 Å². The lowest BCUT2D eigenvalue weighted by Crippen LogP contribution is -2.36. The molecule has 0 saturated carbocycles.